The van der Waals surface area contributed by atoms with Gasteiger partial charge in [0.15, 0.2) is 6.61 Å². The van der Waals surface area contributed by atoms with Crippen LogP contribution in [-0.2, 0) is 9.53 Å². The number of ether oxygens (including phenoxy) is 1. The number of nitrogens with one attached hydrogen (secondary N) is 1. The van der Waals surface area contributed by atoms with Crippen molar-refractivity contribution in [1.29, 1.82) is 0 Å². The molecule has 31 heavy (non-hydrogen) atoms. The topological polar surface area (TPSA) is 86.4 Å². The van der Waals surface area contributed by atoms with Crippen LogP contribution in [0.15, 0.2) is 52.9 Å². The van der Waals surface area contributed by atoms with E-state index in [1.807, 2.05) is 63.2 Å². The van der Waals surface area contributed by atoms with Gasteiger partial charge in [-0.2, -0.15) is 5.10 Å². The lowest BCUT2D eigenvalue weighted by Gasteiger charge is -2.08. The van der Waals surface area contributed by atoms with Crippen molar-refractivity contribution < 1.29 is 18.7 Å². The number of fused-ring (bicyclic) bond motifs is 1. The van der Waals surface area contributed by atoms with Crippen LogP contribution in [0.1, 0.15) is 33.1 Å². The molecule has 0 radical (unpaired) electrons. The monoisotopic (exact) mass is 417 g/mol. The van der Waals surface area contributed by atoms with Crippen LogP contribution < -0.4 is 5.32 Å². The first-order chi connectivity index (χ1) is 14.8. The molecular formula is C24H23N3O4. The lowest BCUT2D eigenvalue weighted by molar-refractivity contribution is -0.119. The highest BCUT2D eigenvalue weighted by Crippen LogP contribution is 2.26. The van der Waals surface area contributed by atoms with Gasteiger partial charge < -0.3 is 14.5 Å². The summed E-state index contributed by atoms with van der Waals surface area (Å²) in [5.41, 5.74) is 5.40. The predicted molar refractivity (Wildman–Crippen MR) is 118 cm³/mol. The highest BCUT2D eigenvalue weighted by atomic mass is 16.5. The molecule has 4 rings (SSSR count). The number of benzene rings is 2. The Morgan fingerprint density at radius 3 is 2.45 bits per heavy atom. The molecule has 0 unspecified atom stereocenters. The average Bonchev–Trinajstić information content (AvgIpc) is 3.24. The zero-order valence-electron chi connectivity index (χ0n) is 17.9. The second-order valence-electron chi connectivity index (χ2n) is 7.47. The summed E-state index contributed by atoms with van der Waals surface area (Å²) >= 11 is 0. The smallest absolute Gasteiger partial charge is 0.375 e. The Kier molecular flexibility index (Phi) is 5.33. The lowest BCUT2D eigenvalue weighted by Crippen LogP contribution is -2.21. The number of aryl methyl sites for hydroxylation is 3. The molecule has 1 N–H and O–H groups in total. The van der Waals surface area contributed by atoms with E-state index in [0.29, 0.717) is 22.5 Å². The molecule has 2 aromatic heterocycles. The van der Waals surface area contributed by atoms with Crippen molar-refractivity contribution >= 4 is 28.5 Å². The van der Waals surface area contributed by atoms with Crippen LogP contribution in [0.2, 0.25) is 0 Å². The average molecular weight is 417 g/mol. The van der Waals surface area contributed by atoms with Crippen molar-refractivity contribution in [1.82, 2.24) is 9.78 Å². The second-order valence-corrected chi connectivity index (χ2v) is 7.47. The Hall–Kier alpha value is -3.87. The van der Waals surface area contributed by atoms with E-state index in [4.69, 9.17) is 9.15 Å². The fraction of sp³-hybridized carbons (Fsp3) is 0.208. The third-order valence-corrected chi connectivity index (χ3v) is 5.20. The molecule has 2 aromatic carbocycles. The first kappa shape index (κ1) is 20.4. The maximum atomic E-state index is 12.4. The van der Waals surface area contributed by atoms with E-state index in [0.717, 1.165) is 22.3 Å². The number of esters is 1. The molecular weight excluding hydrogens is 394 g/mol. The van der Waals surface area contributed by atoms with E-state index in [1.54, 1.807) is 17.7 Å². The molecule has 0 aliphatic heterocycles. The number of rotatable bonds is 5. The van der Waals surface area contributed by atoms with E-state index in [-0.39, 0.29) is 5.76 Å². The quantitative estimate of drug-likeness (QED) is 0.478. The molecule has 0 spiro atoms. The van der Waals surface area contributed by atoms with Crippen molar-refractivity contribution in [2.45, 2.75) is 27.7 Å². The van der Waals surface area contributed by atoms with Gasteiger partial charge in [0.1, 0.15) is 5.58 Å². The number of furan rings is 1. The van der Waals surface area contributed by atoms with E-state index in [9.17, 15) is 9.59 Å². The number of para-hydroxylation sites is 1. The van der Waals surface area contributed by atoms with Gasteiger partial charge in [0, 0.05) is 10.9 Å². The van der Waals surface area contributed by atoms with Crippen molar-refractivity contribution in [3.8, 4) is 5.69 Å². The first-order valence-electron chi connectivity index (χ1n) is 9.93. The van der Waals surface area contributed by atoms with Gasteiger partial charge in [0.25, 0.3) is 5.91 Å². The molecule has 7 nitrogen and oxygen atoms in total. The molecule has 2 heterocycles. The number of hydrogen-bond donors (Lipinski definition) is 1. The number of amides is 1. The highest BCUT2D eigenvalue weighted by molar-refractivity contribution is 5.98. The molecule has 0 bridgehead atoms. The summed E-state index contributed by atoms with van der Waals surface area (Å²) in [6.45, 7) is 7.07. The number of nitrogens with zero attached hydrogens (tertiary/aromatic N) is 2. The van der Waals surface area contributed by atoms with Crippen LogP contribution in [0.5, 0.6) is 0 Å². The predicted octanol–water partition coefficient (Wildman–Crippen LogP) is 4.65. The number of aromatic nitrogens is 2. The first-order valence-corrected chi connectivity index (χ1v) is 9.93. The van der Waals surface area contributed by atoms with Crippen LogP contribution in [0.3, 0.4) is 0 Å². The Morgan fingerprint density at radius 1 is 1.03 bits per heavy atom. The number of carbonyl (C=O) groups is 2. The van der Waals surface area contributed by atoms with Gasteiger partial charge in [0.05, 0.1) is 22.8 Å². The maximum Gasteiger partial charge on any atom is 0.375 e. The maximum absolute atomic E-state index is 12.4. The molecule has 1 amide bonds. The number of hydrogen-bond acceptors (Lipinski definition) is 5. The summed E-state index contributed by atoms with van der Waals surface area (Å²) in [6.07, 6.45) is 0. The zero-order valence-corrected chi connectivity index (χ0v) is 17.9. The van der Waals surface area contributed by atoms with E-state index in [1.165, 1.54) is 0 Å². The molecule has 0 saturated carbocycles. The van der Waals surface area contributed by atoms with Gasteiger partial charge in [0.2, 0.25) is 5.76 Å². The SMILES string of the molecule is Cc1ccc(-n2nc(C)c(NC(=O)COC(=O)c3oc4ccccc4c3C)c2C)cc1. The fourth-order valence-corrected chi connectivity index (χ4v) is 3.50. The van der Waals surface area contributed by atoms with E-state index < -0.39 is 18.5 Å². The lowest BCUT2D eigenvalue weighted by atomic mass is 10.1. The number of carbonyl (C=O) groups excluding carboxylic acids is 2. The molecule has 0 fully saturated rings. The van der Waals surface area contributed by atoms with E-state index in [2.05, 4.69) is 10.4 Å². The van der Waals surface area contributed by atoms with Crippen LogP contribution in [0, 0.1) is 27.7 Å². The zero-order chi connectivity index (χ0) is 22.1. The molecule has 0 saturated heterocycles. The molecule has 4 aromatic rings. The molecule has 158 valence electrons. The third kappa shape index (κ3) is 3.94. The van der Waals surface area contributed by atoms with Crippen molar-refractivity contribution in [2.75, 3.05) is 11.9 Å². The number of anilines is 1. The van der Waals surface area contributed by atoms with Crippen LogP contribution >= 0.6 is 0 Å². The molecule has 0 atom stereocenters. The van der Waals surface area contributed by atoms with Crippen LogP contribution in [-0.4, -0.2) is 28.3 Å². The Balaban J connectivity index is 1.45. The molecule has 7 heteroatoms. The summed E-state index contributed by atoms with van der Waals surface area (Å²) in [4.78, 5) is 24.9. The van der Waals surface area contributed by atoms with Crippen molar-refractivity contribution in [3.63, 3.8) is 0 Å². The van der Waals surface area contributed by atoms with Crippen molar-refractivity contribution in [2.24, 2.45) is 0 Å². The molecule has 0 aliphatic carbocycles. The third-order valence-electron chi connectivity index (χ3n) is 5.20. The van der Waals surface area contributed by atoms with Crippen molar-refractivity contribution in [3.05, 3.63) is 76.8 Å². The Morgan fingerprint density at radius 2 is 1.74 bits per heavy atom. The van der Waals surface area contributed by atoms with Gasteiger partial charge in [-0.25, -0.2) is 9.48 Å². The minimum atomic E-state index is -0.673. The summed E-state index contributed by atoms with van der Waals surface area (Å²) in [7, 11) is 0. The van der Waals surface area contributed by atoms with Gasteiger partial charge >= 0.3 is 5.97 Å². The Bertz CT molecular complexity index is 1280. The minimum absolute atomic E-state index is 0.105. The van der Waals surface area contributed by atoms with E-state index >= 15 is 0 Å². The van der Waals surface area contributed by atoms with Gasteiger partial charge in [-0.15, -0.1) is 0 Å². The highest BCUT2D eigenvalue weighted by Gasteiger charge is 2.21. The summed E-state index contributed by atoms with van der Waals surface area (Å²) in [5, 5.41) is 8.16. The van der Waals surface area contributed by atoms with Crippen LogP contribution in [0.4, 0.5) is 5.69 Å². The standard InChI is InChI=1S/C24H23N3O4/c1-14-9-11-18(12-10-14)27-17(4)22(16(3)26-27)25-21(28)13-30-24(29)23-15(2)19-7-5-6-8-20(19)31-23/h5-12H,13H2,1-4H3,(H,25,28). The fourth-order valence-electron chi connectivity index (χ4n) is 3.50. The Labute approximate surface area is 179 Å². The summed E-state index contributed by atoms with van der Waals surface area (Å²) < 4.78 is 12.5. The molecule has 0 aliphatic rings. The minimum Gasteiger partial charge on any atom is -0.450 e. The second kappa shape index (κ2) is 8.10. The van der Waals surface area contributed by atoms with Crippen LogP contribution in [0.25, 0.3) is 16.7 Å². The van der Waals surface area contributed by atoms with Gasteiger partial charge in [-0.05, 0) is 45.9 Å². The summed E-state index contributed by atoms with van der Waals surface area (Å²) in [5.74, 6) is -1.02. The summed E-state index contributed by atoms with van der Waals surface area (Å²) in [6, 6.07) is 15.3. The van der Waals surface area contributed by atoms with Gasteiger partial charge in [-0.1, -0.05) is 35.9 Å². The van der Waals surface area contributed by atoms with Gasteiger partial charge in [-0.3, -0.25) is 4.79 Å². The normalized spacial score (nSPS) is 11.0. The largest absolute Gasteiger partial charge is 0.450 e.